The molecule has 0 spiro atoms. The van der Waals surface area contributed by atoms with Crippen LogP contribution < -0.4 is 5.32 Å². The zero-order valence-electron chi connectivity index (χ0n) is 9.08. The second kappa shape index (κ2) is 4.61. The lowest BCUT2D eigenvalue weighted by atomic mass is 9.83. The lowest BCUT2D eigenvalue weighted by Gasteiger charge is -2.32. The predicted octanol–water partition coefficient (Wildman–Crippen LogP) is 0.392. The molecule has 1 unspecified atom stereocenters. The maximum atomic E-state index is 11.8. The fourth-order valence-electron chi connectivity index (χ4n) is 1.55. The van der Waals surface area contributed by atoms with Crippen LogP contribution in [-0.2, 0) is 14.3 Å². The Morgan fingerprint density at radius 2 is 2.20 bits per heavy atom. The zero-order chi connectivity index (χ0) is 11.5. The van der Waals surface area contributed by atoms with E-state index in [0.717, 1.165) is 12.8 Å². The Morgan fingerprint density at radius 3 is 2.67 bits per heavy atom. The molecule has 0 bridgehead atoms. The van der Waals surface area contributed by atoms with E-state index in [1.54, 1.807) is 6.92 Å². The van der Waals surface area contributed by atoms with Gasteiger partial charge in [-0.2, -0.15) is 0 Å². The second-order valence-electron chi connectivity index (χ2n) is 4.25. The summed E-state index contributed by atoms with van der Waals surface area (Å²) >= 11 is 0. The first kappa shape index (κ1) is 12.0. The maximum absolute atomic E-state index is 11.8. The number of carboxylic acid groups (broad SMARTS) is 1. The number of ether oxygens (including phenoxy) is 1. The van der Waals surface area contributed by atoms with Gasteiger partial charge in [0.15, 0.2) is 0 Å². The van der Waals surface area contributed by atoms with Crippen molar-refractivity contribution in [3.63, 3.8) is 0 Å². The predicted molar refractivity (Wildman–Crippen MR) is 53.4 cm³/mol. The van der Waals surface area contributed by atoms with Gasteiger partial charge >= 0.3 is 5.97 Å². The molecule has 1 saturated heterocycles. The van der Waals surface area contributed by atoms with E-state index < -0.39 is 17.4 Å². The summed E-state index contributed by atoms with van der Waals surface area (Å²) in [6.07, 6.45) is 1.58. The van der Waals surface area contributed by atoms with E-state index in [9.17, 15) is 9.59 Å². The third kappa shape index (κ3) is 2.92. The van der Waals surface area contributed by atoms with Gasteiger partial charge in [-0.3, -0.25) is 9.59 Å². The highest BCUT2D eigenvalue weighted by molar-refractivity contribution is 5.87. The van der Waals surface area contributed by atoms with Gasteiger partial charge in [-0.25, -0.2) is 0 Å². The van der Waals surface area contributed by atoms with Gasteiger partial charge in [0, 0.05) is 6.61 Å². The number of rotatable bonds is 3. The first-order valence-corrected chi connectivity index (χ1v) is 5.07. The standard InChI is InChI=1S/C10H17NO4/c1-7(8(12)13)11-9(14)10(2)4-3-5-15-6-10/h7H,3-6H2,1-2H3,(H,11,14)(H,12,13)/t7-,10?/m1/s1. The van der Waals surface area contributed by atoms with Crippen LogP contribution in [0.15, 0.2) is 0 Å². The average Bonchev–Trinajstić information content (AvgIpc) is 2.18. The lowest BCUT2D eigenvalue weighted by Crippen LogP contribution is -2.49. The summed E-state index contributed by atoms with van der Waals surface area (Å²) in [5, 5.41) is 11.1. The molecule has 0 aliphatic carbocycles. The molecule has 5 heteroatoms. The molecule has 1 amide bonds. The Kier molecular flexibility index (Phi) is 3.68. The van der Waals surface area contributed by atoms with E-state index in [1.165, 1.54) is 6.92 Å². The van der Waals surface area contributed by atoms with Crippen LogP contribution >= 0.6 is 0 Å². The summed E-state index contributed by atoms with van der Waals surface area (Å²) in [6, 6.07) is -0.851. The van der Waals surface area contributed by atoms with Gasteiger partial charge in [0.25, 0.3) is 0 Å². The van der Waals surface area contributed by atoms with E-state index in [4.69, 9.17) is 9.84 Å². The Balaban J connectivity index is 2.55. The lowest BCUT2D eigenvalue weighted by molar-refractivity contribution is -0.145. The van der Waals surface area contributed by atoms with Crippen molar-refractivity contribution < 1.29 is 19.4 Å². The first-order chi connectivity index (χ1) is 6.96. The molecule has 0 saturated carbocycles. The van der Waals surface area contributed by atoms with Crippen LogP contribution in [0.5, 0.6) is 0 Å². The normalized spacial score (nSPS) is 28.1. The van der Waals surface area contributed by atoms with Crippen molar-refractivity contribution in [3.8, 4) is 0 Å². The molecule has 0 aromatic rings. The number of hydrogen-bond donors (Lipinski definition) is 2. The van der Waals surface area contributed by atoms with Gasteiger partial charge < -0.3 is 15.2 Å². The molecule has 0 radical (unpaired) electrons. The van der Waals surface area contributed by atoms with Crippen molar-refractivity contribution in [2.24, 2.45) is 5.41 Å². The van der Waals surface area contributed by atoms with Gasteiger partial charge in [0.05, 0.1) is 12.0 Å². The van der Waals surface area contributed by atoms with Gasteiger partial charge in [0.1, 0.15) is 6.04 Å². The molecule has 1 aliphatic rings. The highest BCUT2D eigenvalue weighted by Crippen LogP contribution is 2.28. The van der Waals surface area contributed by atoms with Crippen LogP contribution in [0.3, 0.4) is 0 Å². The minimum absolute atomic E-state index is 0.239. The Morgan fingerprint density at radius 1 is 1.53 bits per heavy atom. The molecule has 5 nitrogen and oxygen atoms in total. The van der Waals surface area contributed by atoms with E-state index in [2.05, 4.69) is 5.32 Å². The van der Waals surface area contributed by atoms with Crippen LogP contribution in [0.1, 0.15) is 26.7 Å². The Hall–Kier alpha value is -1.10. The molecule has 1 heterocycles. The molecular formula is C10H17NO4. The summed E-state index contributed by atoms with van der Waals surface area (Å²) in [4.78, 5) is 22.4. The van der Waals surface area contributed by atoms with Crippen molar-refractivity contribution >= 4 is 11.9 Å². The van der Waals surface area contributed by atoms with E-state index in [1.807, 2.05) is 0 Å². The number of hydrogen-bond acceptors (Lipinski definition) is 3. The van der Waals surface area contributed by atoms with Crippen molar-refractivity contribution in [2.45, 2.75) is 32.7 Å². The molecular weight excluding hydrogens is 198 g/mol. The van der Waals surface area contributed by atoms with Gasteiger partial charge in [-0.1, -0.05) is 0 Å². The van der Waals surface area contributed by atoms with Crippen LogP contribution in [0.25, 0.3) is 0 Å². The van der Waals surface area contributed by atoms with Gasteiger partial charge in [-0.05, 0) is 26.7 Å². The summed E-state index contributed by atoms with van der Waals surface area (Å²) < 4.78 is 5.24. The SMILES string of the molecule is C[C@@H](NC(=O)C1(C)CCCOC1)C(=O)O. The summed E-state index contributed by atoms with van der Waals surface area (Å²) in [5.41, 5.74) is -0.581. The number of carboxylic acids is 1. The zero-order valence-corrected chi connectivity index (χ0v) is 9.08. The fraction of sp³-hybridized carbons (Fsp3) is 0.800. The molecule has 86 valence electrons. The topological polar surface area (TPSA) is 75.6 Å². The van der Waals surface area contributed by atoms with Crippen molar-refractivity contribution in [2.75, 3.05) is 13.2 Å². The average molecular weight is 215 g/mol. The molecule has 15 heavy (non-hydrogen) atoms. The van der Waals surface area contributed by atoms with Crippen molar-refractivity contribution in [1.29, 1.82) is 0 Å². The quantitative estimate of drug-likeness (QED) is 0.714. The van der Waals surface area contributed by atoms with Crippen LogP contribution in [-0.4, -0.2) is 36.2 Å². The second-order valence-corrected chi connectivity index (χ2v) is 4.25. The fourth-order valence-corrected chi connectivity index (χ4v) is 1.55. The summed E-state index contributed by atoms with van der Waals surface area (Å²) in [6.45, 7) is 4.30. The molecule has 1 rings (SSSR count). The minimum atomic E-state index is -1.02. The number of carbonyl (C=O) groups excluding carboxylic acids is 1. The molecule has 1 fully saturated rings. The van der Waals surface area contributed by atoms with E-state index >= 15 is 0 Å². The van der Waals surface area contributed by atoms with Crippen molar-refractivity contribution in [3.05, 3.63) is 0 Å². The highest BCUT2D eigenvalue weighted by atomic mass is 16.5. The smallest absolute Gasteiger partial charge is 0.325 e. The number of carbonyl (C=O) groups is 2. The van der Waals surface area contributed by atoms with Crippen LogP contribution in [0, 0.1) is 5.41 Å². The number of nitrogens with one attached hydrogen (secondary N) is 1. The third-order valence-corrected chi connectivity index (χ3v) is 2.70. The molecule has 2 atom stereocenters. The highest BCUT2D eigenvalue weighted by Gasteiger charge is 2.36. The van der Waals surface area contributed by atoms with Gasteiger partial charge in [0.2, 0.25) is 5.91 Å². The molecule has 0 aromatic heterocycles. The maximum Gasteiger partial charge on any atom is 0.325 e. The van der Waals surface area contributed by atoms with E-state index in [0.29, 0.717) is 13.2 Å². The molecule has 1 aliphatic heterocycles. The van der Waals surface area contributed by atoms with Crippen LogP contribution in [0.2, 0.25) is 0 Å². The monoisotopic (exact) mass is 215 g/mol. The molecule has 0 aromatic carbocycles. The number of amides is 1. The summed E-state index contributed by atoms with van der Waals surface area (Å²) in [7, 11) is 0. The van der Waals surface area contributed by atoms with Crippen LogP contribution in [0.4, 0.5) is 0 Å². The van der Waals surface area contributed by atoms with E-state index in [-0.39, 0.29) is 5.91 Å². The van der Waals surface area contributed by atoms with Gasteiger partial charge in [-0.15, -0.1) is 0 Å². The number of aliphatic carboxylic acids is 1. The third-order valence-electron chi connectivity index (χ3n) is 2.70. The minimum Gasteiger partial charge on any atom is -0.480 e. The Labute approximate surface area is 88.8 Å². The Bertz CT molecular complexity index is 258. The largest absolute Gasteiger partial charge is 0.480 e. The summed E-state index contributed by atoms with van der Waals surface area (Å²) in [5.74, 6) is -1.26. The molecule has 2 N–H and O–H groups in total. The first-order valence-electron chi connectivity index (χ1n) is 5.07. The van der Waals surface area contributed by atoms with Crippen molar-refractivity contribution in [1.82, 2.24) is 5.32 Å².